The monoisotopic (exact) mass is 359 g/mol. The number of allylic oxidation sites excluding steroid dienone is 2. The maximum atomic E-state index is 12.6. The normalized spacial score (nSPS) is 13.4. The highest BCUT2D eigenvalue weighted by Crippen LogP contribution is 2.30. The predicted octanol–water partition coefficient (Wildman–Crippen LogP) is 3.74. The molecule has 2 aromatic rings. The summed E-state index contributed by atoms with van der Waals surface area (Å²) in [7, 11) is 0. The maximum Gasteiger partial charge on any atom is 0.274 e. The highest BCUT2D eigenvalue weighted by atomic mass is 16.1. The largest absolute Gasteiger partial charge is 0.398 e. The van der Waals surface area contributed by atoms with E-state index in [1.807, 2.05) is 6.08 Å². The molecule has 0 radical (unpaired) electrons. The summed E-state index contributed by atoms with van der Waals surface area (Å²) >= 11 is 0. The third-order valence-corrected chi connectivity index (χ3v) is 4.74. The second-order valence-electron chi connectivity index (χ2n) is 6.75. The van der Waals surface area contributed by atoms with Gasteiger partial charge in [0.05, 0.1) is 11.3 Å². The van der Waals surface area contributed by atoms with Gasteiger partial charge in [0, 0.05) is 23.1 Å². The molecule has 1 saturated carbocycles. The minimum absolute atomic E-state index is 0.272. The van der Waals surface area contributed by atoms with Crippen LogP contribution in [0.25, 0.3) is 0 Å². The van der Waals surface area contributed by atoms with E-state index in [1.165, 1.54) is 19.0 Å². The van der Waals surface area contributed by atoms with Crippen molar-refractivity contribution in [3.05, 3.63) is 64.5 Å². The van der Waals surface area contributed by atoms with Crippen LogP contribution in [0.4, 0.5) is 11.4 Å². The molecule has 4 N–H and O–H groups in total. The number of amides is 1. The van der Waals surface area contributed by atoms with Gasteiger partial charge in [0.25, 0.3) is 5.91 Å². The summed E-state index contributed by atoms with van der Waals surface area (Å²) in [5.74, 6) is 0.207. The number of nitrogen functional groups attached to an aromatic ring is 1. The van der Waals surface area contributed by atoms with E-state index >= 15 is 0 Å². The third kappa shape index (κ3) is 4.04. The van der Waals surface area contributed by atoms with Gasteiger partial charge in [-0.25, -0.2) is 4.98 Å². The van der Waals surface area contributed by atoms with Gasteiger partial charge in [0.15, 0.2) is 0 Å². The number of rotatable bonds is 5. The minimum Gasteiger partial charge on any atom is -0.398 e. The molecule has 1 aliphatic carbocycles. The lowest BCUT2D eigenvalue weighted by molar-refractivity contribution is 0.102. The number of nitrogens with two attached hydrogens (primary N) is 1. The molecule has 1 heterocycles. The Labute approximate surface area is 158 Å². The summed E-state index contributed by atoms with van der Waals surface area (Å²) in [6.07, 6.45) is 7.55. The number of benzene rings is 1. The van der Waals surface area contributed by atoms with E-state index in [1.54, 1.807) is 38.1 Å². The first-order valence-electron chi connectivity index (χ1n) is 8.75. The van der Waals surface area contributed by atoms with Crippen molar-refractivity contribution in [1.29, 1.82) is 10.7 Å². The van der Waals surface area contributed by atoms with Crippen molar-refractivity contribution < 1.29 is 4.79 Å². The molecule has 0 unspecified atom stereocenters. The maximum absolute atomic E-state index is 12.6. The van der Waals surface area contributed by atoms with Crippen molar-refractivity contribution in [3.8, 4) is 6.07 Å². The number of aromatic nitrogens is 1. The van der Waals surface area contributed by atoms with Crippen LogP contribution < -0.4 is 11.1 Å². The molecule has 1 amide bonds. The molecule has 0 spiro atoms. The second kappa shape index (κ2) is 7.42. The lowest BCUT2D eigenvalue weighted by Gasteiger charge is -2.12. The van der Waals surface area contributed by atoms with E-state index in [4.69, 9.17) is 16.4 Å². The number of carbonyl (C=O) groups is 1. The Bertz CT molecular complexity index is 996. The fourth-order valence-corrected chi connectivity index (χ4v) is 2.71. The smallest absolute Gasteiger partial charge is 0.274 e. The zero-order chi connectivity index (χ0) is 19.6. The van der Waals surface area contributed by atoms with Gasteiger partial charge in [-0.15, -0.1) is 0 Å². The zero-order valence-corrected chi connectivity index (χ0v) is 15.3. The van der Waals surface area contributed by atoms with Crippen LogP contribution in [-0.2, 0) is 0 Å². The lowest BCUT2D eigenvalue weighted by Crippen LogP contribution is -2.17. The molecule has 0 atom stereocenters. The molecule has 0 bridgehead atoms. The van der Waals surface area contributed by atoms with Crippen LogP contribution in [0.2, 0.25) is 0 Å². The number of pyridine rings is 1. The summed E-state index contributed by atoms with van der Waals surface area (Å²) in [6.45, 7) is 3.56. The first-order valence-corrected chi connectivity index (χ1v) is 8.75. The summed E-state index contributed by atoms with van der Waals surface area (Å²) in [4.78, 5) is 16.7. The number of carbonyl (C=O) groups excluding carboxylic acids is 1. The minimum atomic E-state index is -0.365. The number of anilines is 2. The number of hydrogen-bond acceptors (Lipinski definition) is 5. The topological polar surface area (TPSA) is 116 Å². The first kappa shape index (κ1) is 18.3. The molecule has 6 nitrogen and oxygen atoms in total. The Kier molecular flexibility index (Phi) is 5.04. The van der Waals surface area contributed by atoms with Gasteiger partial charge in [-0.05, 0) is 68.0 Å². The average molecular weight is 359 g/mol. The van der Waals surface area contributed by atoms with Gasteiger partial charge in [-0.1, -0.05) is 6.08 Å². The molecule has 6 heteroatoms. The quantitative estimate of drug-likeness (QED) is 0.557. The summed E-state index contributed by atoms with van der Waals surface area (Å²) in [5, 5.41) is 20.1. The van der Waals surface area contributed by atoms with Gasteiger partial charge in [0.1, 0.15) is 11.8 Å². The van der Waals surface area contributed by atoms with Crippen molar-refractivity contribution in [1.82, 2.24) is 4.98 Å². The number of nitrogens with one attached hydrogen (secondary N) is 2. The molecular formula is C21H21N5O. The van der Waals surface area contributed by atoms with Gasteiger partial charge in [-0.2, -0.15) is 5.26 Å². The van der Waals surface area contributed by atoms with E-state index in [9.17, 15) is 4.79 Å². The van der Waals surface area contributed by atoms with Crippen molar-refractivity contribution in [2.75, 3.05) is 11.1 Å². The predicted molar refractivity (Wildman–Crippen MR) is 106 cm³/mol. The van der Waals surface area contributed by atoms with Crippen molar-refractivity contribution in [2.24, 2.45) is 5.92 Å². The van der Waals surface area contributed by atoms with Crippen LogP contribution in [0.3, 0.4) is 0 Å². The second-order valence-corrected chi connectivity index (χ2v) is 6.75. The molecule has 3 rings (SSSR count). The molecule has 1 aromatic carbocycles. The Hall–Kier alpha value is -3.46. The summed E-state index contributed by atoms with van der Waals surface area (Å²) in [6, 6.07) is 7.13. The van der Waals surface area contributed by atoms with Crippen LogP contribution >= 0.6 is 0 Å². The summed E-state index contributed by atoms with van der Waals surface area (Å²) in [5.41, 5.74) is 10.1. The highest BCUT2D eigenvalue weighted by Gasteiger charge is 2.18. The van der Waals surface area contributed by atoms with Crippen molar-refractivity contribution in [3.63, 3.8) is 0 Å². The number of nitriles is 1. The molecule has 1 aliphatic rings. The third-order valence-electron chi connectivity index (χ3n) is 4.74. The molecule has 0 saturated heterocycles. The Morgan fingerprint density at radius 3 is 2.78 bits per heavy atom. The Morgan fingerprint density at radius 2 is 2.11 bits per heavy atom. The number of hydrogen-bond donors (Lipinski definition) is 3. The van der Waals surface area contributed by atoms with Crippen molar-refractivity contribution in [2.45, 2.75) is 26.7 Å². The Balaban J connectivity index is 1.82. The highest BCUT2D eigenvalue weighted by molar-refractivity contribution is 6.11. The molecule has 1 aromatic heterocycles. The fraction of sp³-hybridized carbons (Fsp3) is 0.238. The SMILES string of the molecule is Cc1c(C#N)cnc(C(=O)Nc2ccc(N)c(C(=N)/C=C/C3CC3)c2)c1C. The van der Waals surface area contributed by atoms with Gasteiger partial charge in [0.2, 0.25) is 0 Å². The molecule has 1 fully saturated rings. The van der Waals surface area contributed by atoms with Crippen LogP contribution in [0.5, 0.6) is 0 Å². The van der Waals surface area contributed by atoms with Gasteiger partial charge in [-0.3, -0.25) is 4.79 Å². The lowest BCUT2D eigenvalue weighted by atomic mass is 10.0. The zero-order valence-electron chi connectivity index (χ0n) is 15.3. The van der Waals surface area contributed by atoms with E-state index in [0.717, 1.165) is 5.56 Å². The molecule has 136 valence electrons. The van der Waals surface area contributed by atoms with Crippen molar-refractivity contribution >= 4 is 23.0 Å². The summed E-state index contributed by atoms with van der Waals surface area (Å²) < 4.78 is 0. The number of nitrogens with zero attached hydrogens (tertiary/aromatic N) is 2. The van der Waals surface area contributed by atoms with E-state index in [2.05, 4.69) is 16.4 Å². The molecule has 27 heavy (non-hydrogen) atoms. The van der Waals surface area contributed by atoms with Gasteiger partial charge >= 0.3 is 0 Å². The average Bonchev–Trinajstić information content (AvgIpc) is 3.48. The Morgan fingerprint density at radius 1 is 1.37 bits per heavy atom. The van der Waals surface area contributed by atoms with E-state index in [0.29, 0.717) is 39.7 Å². The molecular weight excluding hydrogens is 338 g/mol. The van der Waals surface area contributed by atoms with E-state index in [-0.39, 0.29) is 11.6 Å². The van der Waals surface area contributed by atoms with Crippen LogP contribution in [0.1, 0.15) is 45.6 Å². The van der Waals surface area contributed by atoms with Gasteiger partial charge < -0.3 is 16.5 Å². The fourth-order valence-electron chi connectivity index (χ4n) is 2.71. The molecule has 0 aliphatic heterocycles. The van der Waals surface area contributed by atoms with Crippen LogP contribution in [0.15, 0.2) is 36.5 Å². The standard InChI is InChI=1S/C21H21N5O/c1-12-13(2)20(25-11-15(12)10-22)21(27)26-16-6-8-19(24)17(9-16)18(23)7-5-14-3-4-14/h5-9,11,14,23H,3-4,24H2,1-2H3,(H,26,27)/b7-5+,23-18?. The first-order chi connectivity index (χ1) is 12.9. The van der Waals surface area contributed by atoms with E-state index < -0.39 is 0 Å². The van der Waals surface area contributed by atoms with Crippen LogP contribution in [-0.4, -0.2) is 16.6 Å². The van der Waals surface area contributed by atoms with Crippen LogP contribution in [0, 0.1) is 36.5 Å².